The van der Waals surface area contributed by atoms with Gasteiger partial charge < -0.3 is 15.2 Å². The molecule has 0 spiro atoms. The third-order valence-electron chi connectivity index (χ3n) is 5.34. The number of amides is 1. The minimum atomic E-state index is -0.954. The Balaban J connectivity index is 0.000000914. The van der Waals surface area contributed by atoms with E-state index in [4.69, 9.17) is 9.73 Å². The van der Waals surface area contributed by atoms with Gasteiger partial charge in [-0.3, -0.25) is 4.79 Å². The zero-order valence-electron chi connectivity index (χ0n) is 19.5. The van der Waals surface area contributed by atoms with Crippen molar-refractivity contribution >= 4 is 38.8 Å². The van der Waals surface area contributed by atoms with Crippen molar-refractivity contribution in [3.63, 3.8) is 0 Å². The average molecular weight is 540 g/mol. The molecule has 2 aliphatic heterocycles. The molecule has 1 unspecified atom stereocenters. The summed E-state index contributed by atoms with van der Waals surface area (Å²) in [6.45, 7) is 8.06. The molecule has 2 heterocycles. The predicted octanol–water partition coefficient (Wildman–Crippen LogP) is 5.77. The molecule has 0 bridgehead atoms. The van der Waals surface area contributed by atoms with Gasteiger partial charge in [-0.15, -0.1) is 0 Å². The maximum atomic E-state index is 14.9. The summed E-state index contributed by atoms with van der Waals surface area (Å²) in [5.41, 5.74) is 0.00486. The summed E-state index contributed by atoms with van der Waals surface area (Å²) in [5, 5.41) is 12.8. The maximum Gasteiger partial charge on any atom is 0.257 e. The zero-order chi connectivity index (χ0) is 24.4. The smallest absolute Gasteiger partial charge is 0.257 e. The van der Waals surface area contributed by atoms with Crippen LogP contribution in [0.25, 0.3) is 0 Å². The fourth-order valence-electron chi connectivity index (χ4n) is 3.80. The molecule has 0 aromatic heterocycles. The van der Waals surface area contributed by atoms with Crippen LogP contribution in [0.4, 0.5) is 4.39 Å². The van der Waals surface area contributed by atoms with Crippen LogP contribution in [0, 0.1) is 11.7 Å². The fraction of sp³-hybridized carbons (Fsp3) is 0.440. The van der Waals surface area contributed by atoms with E-state index in [-0.39, 0.29) is 37.0 Å². The molecule has 4 rings (SSSR count). The van der Waals surface area contributed by atoms with Crippen molar-refractivity contribution in [2.45, 2.75) is 45.8 Å². The maximum absolute atomic E-state index is 14.9. The lowest BCUT2D eigenvalue weighted by atomic mass is 9.75. The third kappa shape index (κ3) is 6.44. The van der Waals surface area contributed by atoms with Crippen molar-refractivity contribution in [3.8, 4) is 0 Å². The zero-order valence-corrected chi connectivity index (χ0v) is 21.9. The lowest BCUT2D eigenvalue weighted by Crippen LogP contribution is -2.51. The van der Waals surface area contributed by atoms with Crippen molar-refractivity contribution in [2.24, 2.45) is 10.9 Å². The quantitative estimate of drug-likeness (QED) is 0.520. The Morgan fingerprint density at radius 1 is 1.24 bits per heavy atom. The van der Waals surface area contributed by atoms with Gasteiger partial charge in [-0.25, -0.2) is 9.38 Å². The molecule has 2 aromatic carbocycles. The first-order valence-corrected chi connectivity index (χ1v) is 13.1. The molecular formula is C25H32BrFN2O3S. The largest absolute Gasteiger partial charge is 0.394 e. The van der Waals surface area contributed by atoms with E-state index in [9.17, 15) is 14.3 Å². The van der Waals surface area contributed by atoms with Gasteiger partial charge in [0.1, 0.15) is 11.4 Å². The van der Waals surface area contributed by atoms with Crippen molar-refractivity contribution in [2.75, 3.05) is 19.0 Å². The molecule has 0 radical (unpaired) electrons. The highest BCUT2D eigenvalue weighted by molar-refractivity contribution is 9.10. The second-order valence-electron chi connectivity index (χ2n) is 7.14. The highest BCUT2D eigenvalue weighted by Crippen LogP contribution is 2.47. The number of aliphatic imine (C=N–C) groups is 1. The Morgan fingerprint density at radius 2 is 1.94 bits per heavy atom. The number of hydrogen-bond acceptors (Lipinski definition) is 5. The van der Waals surface area contributed by atoms with Crippen LogP contribution >= 0.6 is 27.7 Å². The number of thioether (sulfide) groups is 1. The monoisotopic (exact) mass is 538 g/mol. The molecule has 8 heteroatoms. The number of fused-ring (bicyclic) bond motifs is 1. The molecule has 3 atom stereocenters. The van der Waals surface area contributed by atoms with Crippen LogP contribution in [-0.4, -0.2) is 41.3 Å². The number of halogens is 2. The van der Waals surface area contributed by atoms with Crippen LogP contribution < -0.4 is 5.32 Å². The summed E-state index contributed by atoms with van der Waals surface area (Å²) in [6, 6.07) is 13.7. The minimum Gasteiger partial charge on any atom is -0.394 e. The first-order chi connectivity index (χ1) is 16.0. The van der Waals surface area contributed by atoms with Crippen molar-refractivity contribution in [1.82, 2.24) is 5.32 Å². The topological polar surface area (TPSA) is 70.9 Å². The number of hydrogen-bond donors (Lipinski definition) is 2. The first-order valence-electron chi connectivity index (χ1n) is 11.3. The lowest BCUT2D eigenvalue weighted by molar-refractivity contribution is -0.0771. The van der Waals surface area contributed by atoms with E-state index in [1.807, 2.05) is 33.8 Å². The van der Waals surface area contributed by atoms with E-state index >= 15 is 0 Å². The van der Waals surface area contributed by atoms with Gasteiger partial charge in [0.2, 0.25) is 0 Å². The second-order valence-corrected chi connectivity index (χ2v) is 9.07. The summed E-state index contributed by atoms with van der Waals surface area (Å²) in [5.74, 6) is -0.0157. The van der Waals surface area contributed by atoms with Gasteiger partial charge in [0.25, 0.3) is 5.91 Å². The van der Waals surface area contributed by atoms with Crippen molar-refractivity contribution < 1.29 is 19.0 Å². The molecule has 180 valence electrons. The number of aliphatic hydroxyl groups excluding tert-OH is 1. The first kappa shape index (κ1) is 27.5. The Bertz CT molecular complexity index is 945. The summed E-state index contributed by atoms with van der Waals surface area (Å²) in [7, 11) is 0. The standard InChI is InChI=1S/C21H20BrFN2O3S.2C2H6/c22-15-6-7-18(23)17(9-15)21-12-28-16(10-26)8-14(21)11-29-20(25-21)24-19(27)13-4-2-1-3-5-13;2*1-2/h1-7,9,14,16,26H,8,10-12H2,(H,24,25,27);2*1-2H3/t14-,16?,21-;;/m0../s1. The van der Waals surface area contributed by atoms with Gasteiger partial charge in [0, 0.05) is 27.3 Å². The Morgan fingerprint density at radius 3 is 2.61 bits per heavy atom. The summed E-state index contributed by atoms with van der Waals surface area (Å²) in [4.78, 5) is 17.4. The number of carbonyl (C=O) groups is 1. The van der Waals surface area contributed by atoms with E-state index in [1.54, 1.807) is 36.4 Å². The van der Waals surface area contributed by atoms with Crippen LogP contribution in [0.5, 0.6) is 0 Å². The number of nitrogens with zero attached hydrogens (tertiary/aromatic N) is 1. The summed E-state index contributed by atoms with van der Waals surface area (Å²) >= 11 is 4.85. The van der Waals surface area contributed by atoms with Gasteiger partial charge >= 0.3 is 0 Å². The van der Waals surface area contributed by atoms with Gasteiger partial charge in [-0.2, -0.15) is 0 Å². The van der Waals surface area contributed by atoms with Crippen LogP contribution in [0.1, 0.15) is 50.0 Å². The number of nitrogens with one attached hydrogen (secondary N) is 1. The number of ether oxygens (including phenoxy) is 1. The molecule has 33 heavy (non-hydrogen) atoms. The molecule has 2 N–H and O–H groups in total. The number of rotatable bonds is 3. The van der Waals surface area contributed by atoms with Gasteiger partial charge in [-0.05, 0) is 36.8 Å². The van der Waals surface area contributed by atoms with E-state index in [1.165, 1.54) is 17.8 Å². The number of amidine groups is 1. The Labute approximate surface area is 208 Å². The molecule has 2 aliphatic rings. The van der Waals surface area contributed by atoms with Crippen molar-refractivity contribution in [1.29, 1.82) is 0 Å². The lowest BCUT2D eigenvalue weighted by Gasteiger charge is -2.46. The van der Waals surface area contributed by atoms with E-state index in [0.717, 1.165) is 4.47 Å². The van der Waals surface area contributed by atoms with Crippen LogP contribution in [-0.2, 0) is 10.3 Å². The predicted molar refractivity (Wildman–Crippen MR) is 137 cm³/mol. The van der Waals surface area contributed by atoms with Crippen LogP contribution in [0.3, 0.4) is 0 Å². The minimum absolute atomic E-state index is 0.0282. The molecule has 1 fully saturated rings. The van der Waals surface area contributed by atoms with Crippen molar-refractivity contribution in [3.05, 3.63) is 69.9 Å². The van der Waals surface area contributed by atoms with E-state index in [0.29, 0.717) is 28.5 Å². The van der Waals surface area contributed by atoms with E-state index in [2.05, 4.69) is 21.2 Å². The van der Waals surface area contributed by atoms with Gasteiger partial charge in [0.05, 0.1) is 19.3 Å². The molecule has 5 nitrogen and oxygen atoms in total. The highest BCUT2D eigenvalue weighted by Gasteiger charge is 2.49. The van der Waals surface area contributed by atoms with Gasteiger partial charge in [-0.1, -0.05) is 73.6 Å². The normalized spacial score (nSPS) is 23.5. The number of aliphatic hydroxyl groups is 1. The SMILES string of the molecule is CC.CC.O=C(NC1=N[C@@]2(c3cc(Br)ccc3F)COC(CO)C[C@H]2CS1)c1ccccc1. The molecule has 1 saturated heterocycles. The third-order valence-corrected chi connectivity index (χ3v) is 6.87. The molecule has 0 saturated carbocycles. The number of carbonyl (C=O) groups excluding carboxylic acids is 1. The van der Waals surface area contributed by atoms with E-state index < -0.39 is 5.54 Å². The van der Waals surface area contributed by atoms with Crippen LogP contribution in [0.15, 0.2) is 58.0 Å². The summed E-state index contributed by atoms with van der Waals surface area (Å²) < 4.78 is 21.4. The Hall–Kier alpha value is -1.74. The highest BCUT2D eigenvalue weighted by atomic mass is 79.9. The van der Waals surface area contributed by atoms with Crippen LogP contribution in [0.2, 0.25) is 0 Å². The van der Waals surface area contributed by atoms with Gasteiger partial charge in [0.15, 0.2) is 5.17 Å². The average Bonchev–Trinajstić information content (AvgIpc) is 2.88. The summed E-state index contributed by atoms with van der Waals surface area (Å²) in [6.07, 6.45) is 0.276. The molecule has 0 aliphatic carbocycles. The fourth-order valence-corrected chi connectivity index (χ4v) is 5.33. The Kier molecular flexibility index (Phi) is 11.0. The molecule has 1 amide bonds. The number of benzene rings is 2. The molecule has 2 aromatic rings. The molecular weight excluding hydrogens is 507 g/mol. The second kappa shape index (κ2) is 13.2.